The van der Waals surface area contributed by atoms with Crippen LogP contribution in [0.3, 0.4) is 0 Å². The molecule has 1 saturated heterocycles. The molecule has 1 aromatic heterocycles. The van der Waals surface area contributed by atoms with Crippen molar-refractivity contribution in [3.63, 3.8) is 0 Å². The molecule has 1 N–H and O–H groups in total. The lowest BCUT2D eigenvalue weighted by Gasteiger charge is -2.30. The summed E-state index contributed by atoms with van der Waals surface area (Å²) in [7, 11) is 0. The number of carboxylic acids is 1. The maximum Gasteiger partial charge on any atom is 0.308 e. The van der Waals surface area contributed by atoms with E-state index in [2.05, 4.69) is 4.98 Å². The number of hydrogen-bond donors (Lipinski definition) is 1. The summed E-state index contributed by atoms with van der Waals surface area (Å²) in [6, 6.07) is 11.6. The molecular weight excluding hydrogens is 292 g/mol. The number of hydrogen-bond acceptors (Lipinski definition) is 3. The summed E-state index contributed by atoms with van der Waals surface area (Å²) in [5.41, 5.74) is 2.37. The molecule has 0 bridgehead atoms. The summed E-state index contributed by atoms with van der Waals surface area (Å²) in [6.45, 7) is 0.863. The van der Waals surface area contributed by atoms with Crippen molar-refractivity contribution < 1.29 is 14.7 Å². The third-order valence-electron chi connectivity index (χ3n) is 4.15. The first-order chi connectivity index (χ1) is 11.1. The first-order valence-electron chi connectivity index (χ1n) is 7.67. The summed E-state index contributed by atoms with van der Waals surface area (Å²) >= 11 is 0. The molecular formula is C18H18N2O3. The molecule has 5 heteroatoms. The maximum atomic E-state index is 12.6. The van der Waals surface area contributed by atoms with Gasteiger partial charge in [0, 0.05) is 31.0 Å². The number of aromatic nitrogens is 1. The van der Waals surface area contributed by atoms with Crippen LogP contribution in [0.1, 0.15) is 23.2 Å². The minimum absolute atomic E-state index is 0.152. The monoisotopic (exact) mass is 310 g/mol. The first kappa shape index (κ1) is 15.2. The fourth-order valence-corrected chi connectivity index (χ4v) is 2.89. The quantitative estimate of drug-likeness (QED) is 0.946. The lowest BCUT2D eigenvalue weighted by Crippen LogP contribution is -2.42. The van der Waals surface area contributed by atoms with E-state index in [1.165, 1.54) is 0 Å². The van der Waals surface area contributed by atoms with E-state index in [0.29, 0.717) is 24.9 Å². The van der Waals surface area contributed by atoms with Crippen LogP contribution < -0.4 is 0 Å². The number of pyridine rings is 1. The minimum atomic E-state index is -0.835. The van der Waals surface area contributed by atoms with Crippen molar-refractivity contribution in [1.29, 1.82) is 0 Å². The van der Waals surface area contributed by atoms with Crippen molar-refractivity contribution in [3.8, 4) is 11.1 Å². The molecule has 1 aliphatic heterocycles. The van der Waals surface area contributed by atoms with Gasteiger partial charge >= 0.3 is 5.97 Å². The number of nitrogens with zero attached hydrogens (tertiary/aromatic N) is 2. The first-order valence-corrected chi connectivity index (χ1v) is 7.67. The van der Waals surface area contributed by atoms with Crippen molar-refractivity contribution in [2.24, 2.45) is 5.92 Å². The number of aliphatic carboxylic acids is 1. The van der Waals surface area contributed by atoms with Gasteiger partial charge in [-0.2, -0.15) is 0 Å². The zero-order chi connectivity index (χ0) is 16.2. The molecule has 3 rings (SSSR count). The second kappa shape index (κ2) is 6.60. The van der Waals surface area contributed by atoms with Crippen molar-refractivity contribution in [3.05, 3.63) is 54.4 Å². The molecule has 0 saturated carbocycles. The summed E-state index contributed by atoms with van der Waals surface area (Å²) in [6.07, 6.45) is 4.61. The Morgan fingerprint density at radius 2 is 1.91 bits per heavy atom. The zero-order valence-corrected chi connectivity index (χ0v) is 12.7. The maximum absolute atomic E-state index is 12.6. The highest BCUT2D eigenvalue weighted by molar-refractivity contribution is 5.95. The van der Waals surface area contributed by atoms with Gasteiger partial charge in [-0.05, 0) is 24.5 Å². The Balaban J connectivity index is 1.81. The van der Waals surface area contributed by atoms with Crippen LogP contribution in [0.4, 0.5) is 0 Å². The molecule has 2 aromatic rings. The van der Waals surface area contributed by atoms with E-state index >= 15 is 0 Å². The van der Waals surface area contributed by atoms with Gasteiger partial charge in [0.15, 0.2) is 0 Å². The van der Waals surface area contributed by atoms with Gasteiger partial charge < -0.3 is 10.0 Å². The number of benzene rings is 1. The van der Waals surface area contributed by atoms with Gasteiger partial charge in [-0.3, -0.25) is 14.6 Å². The Morgan fingerprint density at radius 1 is 1.13 bits per heavy atom. The van der Waals surface area contributed by atoms with Crippen LogP contribution in [-0.2, 0) is 4.79 Å². The third-order valence-corrected chi connectivity index (χ3v) is 4.15. The third kappa shape index (κ3) is 3.39. The lowest BCUT2D eigenvalue weighted by atomic mass is 9.97. The molecule has 1 aromatic carbocycles. The van der Waals surface area contributed by atoms with Crippen LogP contribution in [0.25, 0.3) is 11.1 Å². The number of piperidine rings is 1. The molecule has 5 nitrogen and oxygen atoms in total. The molecule has 118 valence electrons. The van der Waals surface area contributed by atoms with Crippen LogP contribution >= 0.6 is 0 Å². The average Bonchev–Trinajstić information content (AvgIpc) is 2.62. The van der Waals surface area contributed by atoms with Crippen molar-refractivity contribution in [2.45, 2.75) is 12.8 Å². The van der Waals surface area contributed by atoms with Crippen LogP contribution in [0.5, 0.6) is 0 Å². The predicted octanol–water partition coefficient (Wildman–Crippen LogP) is 2.69. The van der Waals surface area contributed by atoms with Gasteiger partial charge in [-0.25, -0.2) is 0 Å². The molecule has 0 radical (unpaired) electrons. The van der Waals surface area contributed by atoms with E-state index in [1.807, 2.05) is 36.4 Å². The van der Waals surface area contributed by atoms with E-state index in [9.17, 15) is 9.59 Å². The van der Waals surface area contributed by atoms with Crippen molar-refractivity contribution in [2.75, 3.05) is 13.1 Å². The molecule has 1 aliphatic rings. The molecule has 2 heterocycles. The number of likely N-dealkylation sites (tertiary alicyclic amines) is 1. The van der Waals surface area contributed by atoms with Gasteiger partial charge in [0.05, 0.1) is 11.5 Å². The Morgan fingerprint density at radius 3 is 2.65 bits per heavy atom. The molecule has 1 unspecified atom stereocenters. The largest absolute Gasteiger partial charge is 0.481 e. The highest BCUT2D eigenvalue weighted by atomic mass is 16.4. The van der Waals surface area contributed by atoms with E-state index < -0.39 is 11.9 Å². The number of carbonyl (C=O) groups excluding carboxylic acids is 1. The molecule has 1 amide bonds. The SMILES string of the molecule is O=C(O)C1CCCN(C(=O)c2cncc(-c3ccccc3)c2)C1. The molecule has 1 atom stereocenters. The van der Waals surface area contributed by atoms with E-state index in [4.69, 9.17) is 5.11 Å². The number of rotatable bonds is 3. The minimum Gasteiger partial charge on any atom is -0.481 e. The Labute approximate surface area is 134 Å². The summed E-state index contributed by atoms with van der Waals surface area (Å²) in [5.74, 6) is -1.46. The summed E-state index contributed by atoms with van der Waals surface area (Å²) in [5, 5.41) is 9.15. The Kier molecular flexibility index (Phi) is 4.37. The van der Waals surface area contributed by atoms with Crippen LogP contribution in [0.15, 0.2) is 48.8 Å². The van der Waals surface area contributed by atoms with Crippen molar-refractivity contribution >= 4 is 11.9 Å². The fourth-order valence-electron chi connectivity index (χ4n) is 2.89. The van der Waals surface area contributed by atoms with E-state index in [0.717, 1.165) is 11.1 Å². The van der Waals surface area contributed by atoms with Gasteiger partial charge in [0.1, 0.15) is 0 Å². The van der Waals surface area contributed by atoms with Gasteiger partial charge in [-0.15, -0.1) is 0 Å². The van der Waals surface area contributed by atoms with Gasteiger partial charge in [0.25, 0.3) is 5.91 Å². The van der Waals surface area contributed by atoms with Crippen LogP contribution in [0.2, 0.25) is 0 Å². The Hall–Kier alpha value is -2.69. The number of carboxylic acid groups (broad SMARTS) is 1. The Bertz CT molecular complexity index is 715. The number of carbonyl (C=O) groups is 2. The highest BCUT2D eigenvalue weighted by Crippen LogP contribution is 2.22. The average molecular weight is 310 g/mol. The molecule has 0 aliphatic carbocycles. The number of amides is 1. The fraction of sp³-hybridized carbons (Fsp3) is 0.278. The smallest absolute Gasteiger partial charge is 0.308 e. The second-order valence-electron chi connectivity index (χ2n) is 5.76. The van der Waals surface area contributed by atoms with Crippen LogP contribution in [0, 0.1) is 5.92 Å². The van der Waals surface area contributed by atoms with E-state index in [-0.39, 0.29) is 12.5 Å². The van der Waals surface area contributed by atoms with Crippen molar-refractivity contribution in [1.82, 2.24) is 9.88 Å². The normalized spacial score (nSPS) is 17.7. The van der Waals surface area contributed by atoms with E-state index in [1.54, 1.807) is 17.3 Å². The van der Waals surface area contributed by atoms with Crippen LogP contribution in [-0.4, -0.2) is 40.0 Å². The van der Waals surface area contributed by atoms with Gasteiger partial charge in [-0.1, -0.05) is 30.3 Å². The predicted molar refractivity (Wildman–Crippen MR) is 85.9 cm³/mol. The second-order valence-corrected chi connectivity index (χ2v) is 5.76. The summed E-state index contributed by atoms with van der Waals surface area (Å²) < 4.78 is 0. The topological polar surface area (TPSA) is 70.5 Å². The molecule has 0 spiro atoms. The molecule has 23 heavy (non-hydrogen) atoms. The lowest BCUT2D eigenvalue weighted by molar-refractivity contribution is -0.143. The highest BCUT2D eigenvalue weighted by Gasteiger charge is 2.28. The zero-order valence-electron chi connectivity index (χ0n) is 12.7. The van der Waals surface area contributed by atoms with Gasteiger partial charge in [0.2, 0.25) is 0 Å². The summed E-state index contributed by atoms with van der Waals surface area (Å²) in [4.78, 5) is 29.6. The standard InChI is InChI=1S/C18H18N2O3/c21-17(20-8-4-7-14(12-20)18(22)23)16-9-15(10-19-11-16)13-5-2-1-3-6-13/h1-3,5-6,9-11,14H,4,7-8,12H2,(H,22,23). The molecule has 1 fully saturated rings.